The van der Waals surface area contributed by atoms with Crippen molar-refractivity contribution in [2.45, 2.75) is 39.2 Å². The van der Waals surface area contributed by atoms with Crippen LogP contribution in [0.5, 0.6) is 0 Å². The molecule has 0 saturated carbocycles. The lowest BCUT2D eigenvalue weighted by Gasteiger charge is -2.19. The van der Waals surface area contributed by atoms with E-state index in [-0.39, 0.29) is 0 Å². The van der Waals surface area contributed by atoms with Gasteiger partial charge in [0.15, 0.2) is 0 Å². The van der Waals surface area contributed by atoms with Crippen LogP contribution in [0.25, 0.3) is 0 Å². The van der Waals surface area contributed by atoms with Crippen LogP contribution in [0.2, 0.25) is 0 Å². The topological polar surface area (TPSA) is 38.3 Å². The van der Waals surface area contributed by atoms with Crippen LogP contribution in [0, 0.1) is 5.92 Å². The normalized spacial score (nSPS) is 18.0. The zero-order valence-corrected chi connectivity index (χ0v) is 13.8. The van der Waals surface area contributed by atoms with Crippen molar-refractivity contribution in [2.24, 2.45) is 5.92 Å². The van der Waals surface area contributed by atoms with Gasteiger partial charge in [-0.25, -0.2) is 4.79 Å². The molecule has 0 aliphatic heterocycles. The third-order valence-corrected chi connectivity index (χ3v) is 4.33. The molecule has 1 atom stereocenters. The Labute approximate surface area is 128 Å². The van der Waals surface area contributed by atoms with Gasteiger partial charge in [0.05, 0.1) is 0 Å². The number of benzene rings is 1. The van der Waals surface area contributed by atoms with Gasteiger partial charge in [-0.2, -0.15) is 0 Å². The molecule has 0 unspecified atom stereocenters. The molecule has 0 spiro atoms. The molecule has 104 valence electrons. The van der Waals surface area contributed by atoms with Crippen LogP contribution in [0.15, 0.2) is 18.2 Å². The maximum absolute atomic E-state index is 11.7. The first kappa shape index (κ1) is 14.6. The van der Waals surface area contributed by atoms with Crippen LogP contribution in [-0.2, 0) is 17.6 Å². The van der Waals surface area contributed by atoms with Gasteiger partial charge < -0.3 is 4.74 Å². The van der Waals surface area contributed by atoms with E-state index in [2.05, 4.69) is 40.0 Å². The second kappa shape index (κ2) is 5.69. The third kappa shape index (κ3) is 4.09. The minimum Gasteiger partial charge on any atom is -0.444 e. The van der Waals surface area contributed by atoms with Gasteiger partial charge in [-0.1, -0.05) is 28.7 Å². The summed E-state index contributed by atoms with van der Waals surface area (Å²) in [6, 6.07) is 6.15. The molecule has 0 aromatic heterocycles. The molecule has 2 rings (SSSR count). The zero-order chi connectivity index (χ0) is 14.0. The molecule has 19 heavy (non-hydrogen) atoms. The van der Waals surface area contributed by atoms with Gasteiger partial charge in [-0.05, 0) is 62.8 Å². The van der Waals surface area contributed by atoms with Crippen molar-refractivity contribution in [3.8, 4) is 0 Å². The highest BCUT2D eigenvalue weighted by Gasteiger charge is 2.21. The quantitative estimate of drug-likeness (QED) is 0.624. The van der Waals surface area contributed by atoms with Crippen molar-refractivity contribution in [1.29, 1.82) is 0 Å². The Bertz CT molecular complexity index is 480. The fraction of sp³-hybridized carbons (Fsp3) is 0.533. The first-order valence-corrected chi connectivity index (χ1v) is 8.08. The summed E-state index contributed by atoms with van der Waals surface area (Å²) in [5.41, 5.74) is 3.13. The lowest BCUT2D eigenvalue weighted by Crippen LogP contribution is -2.27. The molecule has 1 aliphatic carbocycles. The number of fused-ring (bicyclic) bond motifs is 1. The Morgan fingerprint density at radius 2 is 2.05 bits per heavy atom. The van der Waals surface area contributed by atoms with Crippen LogP contribution in [0.3, 0.4) is 0 Å². The summed E-state index contributed by atoms with van der Waals surface area (Å²) in [7, 11) is 0. The second-order valence-corrected chi connectivity index (χ2v) is 6.92. The molecule has 3 nitrogen and oxygen atoms in total. The highest BCUT2D eigenvalue weighted by Crippen LogP contribution is 2.30. The summed E-state index contributed by atoms with van der Waals surface area (Å²) in [6.07, 6.45) is 1.88. The largest absolute Gasteiger partial charge is 0.444 e. The monoisotopic (exact) mass is 373 g/mol. The number of rotatable bonds is 2. The lowest BCUT2D eigenvalue weighted by atomic mass is 10.1. The Hall–Kier alpha value is -0.780. The molecular formula is C15H20INO2. The minimum atomic E-state index is -0.465. The maximum atomic E-state index is 11.7. The van der Waals surface area contributed by atoms with Gasteiger partial charge >= 0.3 is 6.09 Å². The Balaban J connectivity index is 2.02. The van der Waals surface area contributed by atoms with E-state index in [9.17, 15) is 4.79 Å². The molecule has 0 heterocycles. The summed E-state index contributed by atoms with van der Waals surface area (Å²) in [4.78, 5) is 11.7. The number of hydrogen-bond acceptors (Lipinski definition) is 2. The van der Waals surface area contributed by atoms with Gasteiger partial charge in [0, 0.05) is 10.1 Å². The van der Waals surface area contributed by atoms with E-state index >= 15 is 0 Å². The number of alkyl halides is 1. The van der Waals surface area contributed by atoms with Gasteiger partial charge in [-0.15, -0.1) is 0 Å². The highest BCUT2D eigenvalue weighted by molar-refractivity contribution is 14.1. The fourth-order valence-corrected chi connectivity index (χ4v) is 2.94. The van der Waals surface area contributed by atoms with Gasteiger partial charge in [-0.3, -0.25) is 5.32 Å². The van der Waals surface area contributed by atoms with Crippen molar-refractivity contribution in [3.05, 3.63) is 29.3 Å². The average molecular weight is 373 g/mol. The number of anilines is 1. The number of hydrogen-bond donors (Lipinski definition) is 1. The molecule has 0 bridgehead atoms. The van der Waals surface area contributed by atoms with E-state index < -0.39 is 11.7 Å². The number of halogens is 1. The SMILES string of the molecule is CC(C)(C)OC(=O)Nc1ccc2c(c1)C[C@H](CI)C2. The van der Waals surface area contributed by atoms with Crippen LogP contribution in [0.1, 0.15) is 31.9 Å². The lowest BCUT2D eigenvalue weighted by molar-refractivity contribution is 0.0636. The van der Waals surface area contributed by atoms with Gasteiger partial charge in [0.25, 0.3) is 0 Å². The fourth-order valence-electron chi connectivity index (χ4n) is 2.32. The maximum Gasteiger partial charge on any atom is 0.412 e. The van der Waals surface area contributed by atoms with E-state index in [1.807, 2.05) is 26.8 Å². The second-order valence-electron chi connectivity index (χ2n) is 6.04. The first-order valence-electron chi connectivity index (χ1n) is 6.55. The third-order valence-electron chi connectivity index (χ3n) is 3.09. The number of ether oxygens (including phenoxy) is 1. The molecule has 4 heteroatoms. The standard InChI is InChI=1S/C15H20INO2/c1-15(2,3)19-14(18)17-13-5-4-11-6-10(9-16)7-12(11)8-13/h4-5,8,10H,6-7,9H2,1-3H3,(H,17,18)/t10-/m1/s1. The van der Waals surface area contributed by atoms with Crippen LogP contribution in [-0.4, -0.2) is 16.1 Å². The molecule has 0 radical (unpaired) electrons. The molecule has 1 N–H and O–H groups in total. The van der Waals surface area contributed by atoms with Crippen LogP contribution >= 0.6 is 22.6 Å². The zero-order valence-electron chi connectivity index (χ0n) is 11.6. The summed E-state index contributed by atoms with van der Waals surface area (Å²) in [5.74, 6) is 0.743. The summed E-state index contributed by atoms with van der Waals surface area (Å²) >= 11 is 2.44. The van der Waals surface area contributed by atoms with Gasteiger partial charge in [0.2, 0.25) is 0 Å². The average Bonchev–Trinajstić information content (AvgIpc) is 2.68. The van der Waals surface area contributed by atoms with Crippen LogP contribution < -0.4 is 5.32 Å². The number of amides is 1. The Kier molecular flexibility index (Phi) is 4.38. The molecule has 1 amide bonds. The van der Waals surface area contributed by atoms with E-state index in [4.69, 9.17) is 4.74 Å². The van der Waals surface area contributed by atoms with Crippen molar-refractivity contribution >= 4 is 34.4 Å². The van der Waals surface area contributed by atoms with Crippen molar-refractivity contribution in [3.63, 3.8) is 0 Å². The Morgan fingerprint density at radius 3 is 2.68 bits per heavy atom. The summed E-state index contributed by atoms with van der Waals surface area (Å²) in [6.45, 7) is 5.58. The Morgan fingerprint density at radius 1 is 1.37 bits per heavy atom. The van der Waals surface area contributed by atoms with Gasteiger partial charge in [0.1, 0.15) is 5.60 Å². The predicted octanol–water partition coefficient (Wildman–Crippen LogP) is 4.18. The van der Waals surface area contributed by atoms with E-state index in [0.29, 0.717) is 0 Å². The minimum absolute atomic E-state index is 0.393. The van der Waals surface area contributed by atoms with Crippen molar-refractivity contribution in [2.75, 3.05) is 9.74 Å². The number of nitrogens with one attached hydrogen (secondary N) is 1. The molecule has 0 saturated heterocycles. The predicted molar refractivity (Wildman–Crippen MR) is 86.1 cm³/mol. The highest BCUT2D eigenvalue weighted by atomic mass is 127. The van der Waals surface area contributed by atoms with Crippen molar-refractivity contribution < 1.29 is 9.53 Å². The van der Waals surface area contributed by atoms with E-state index in [1.54, 1.807) is 0 Å². The first-order chi connectivity index (χ1) is 8.87. The van der Waals surface area contributed by atoms with Crippen LogP contribution in [0.4, 0.5) is 10.5 Å². The van der Waals surface area contributed by atoms with Crippen molar-refractivity contribution in [1.82, 2.24) is 0 Å². The van der Waals surface area contributed by atoms with E-state index in [1.165, 1.54) is 15.6 Å². The summed E-state index contributed by atoms with van der Waals surface area (Å²) in [5, 5.41) is 2.80. The summed E-state index contributed by atoms with van der Waals surface area (Å²) < 4.78 is 6.43. The number of carbonyl (C=O) groups excluding carboxylic acids is 1. The smallest absolute Gasteiger partial charge is 0.412 e. The molecule has 0 fully saturated rings. The van der Waals surface area contributed by atoms with E-state index in [0.717, 1.165) is 24.4 Å². The molecular weight excluding hydrogens is 353 g/mol. The molecule has 1 aromatic rings. The molecule has 1 aliphatic rings. The molecule has 1 aromatic carbocycles. The number of carbonyl (C=O) groups is 1.